The molecule has 0 bridgehead atoms. The molecule has 4 heteroatoms. The van der Waals surface area contributed by atoms with Crippen molar-refractivity contribution in [2.75, 3.05) is 5.32 Å². The van der Waals surface area contributed by atoms with E-state index in [4.69, 9.17) is 5.11 Å². The van der Waals surface area contributed by atoms with Crippen molar-refractivity contribution in [1.29, 1.82) is 0 Å². The van der Waals surface area contributed by atoms with Crippen molar-refractivity contribution < 1.29 is 9.90 Å². The first-order chi connectivity index (χ1) is 8.06. The van der Waals surface area contributed by atoms with Crippen LogP contribution in [0.5, 0.6) is 0 Å². The topological polar surface area (TPSA) is 62.2 Å². The molecule has 1 heterocycles. The second-order valence-electron chi connectivity index (χ2n) is 4.34. The number of aromatic nitrogens is 1. The normalized spacial score (nSPS) is 12.2. The van der Waals surface area contributed by atoms with E-state index in [1.807, 2.05) is 6.92 Å². The van der Waals surface area contributed by atoms with E-state index in [0.29, 0.717) is 5.82 Å². The third-order valence-corrected chi connectivity index (χ3v) is 2.75. The van der Waals surface area contributed by atoms with Crippen LogP contribution in [0, 0.1) is 6.92 Å². The fourth-order valence-corrected chi connectivity index (χ4v) is 1.75. The molecule has 0 aliphatic rings. The lowest BCUT2D eigenvalue weighted by Gasteiger charge is -2.16. The van der Waals surface area contributed by atoms with E-state index < -0.39 is 5.97 Å². The van der Waals surface area contributed by atoms with Crippen LogP contribution in [0.2, 0.25) is 0 Å². The molecule has 0 fully saturated rings. The summed E-state index contributed by atoms with van der Waals surface area (Å²) in [7, 11) is 0. The second-order valence-corrected chi connectivity index (χ2v) is 4.34. The Kier molecular flexibility index (Phi) is 4.94. The first kappa shape index (κ1) is 13.5. The first-order valence-corrected chi connectivity index (χ1v) is 6.01. The monoisotopic (exact) mass is 236 g/mol. The average Bonchev–Trinajstić information content (AvgIpc) is 2.25. The van der Waals surface area contributed by atoms with Crippen molar-refractivity contribution in [1.82, 2.24) is 4.98 Å². The van der Waals surface area contributed by atoms with Crippen LogP contribution < -0.4 is 5.32 Å². The van der Waals surface area contributed by atoms with Gasteiger partial charge in [0.1, 0.15) is 11.4 Å². The number of anilines is 1. The minimum atomic E-state index is -0.930. The van der Waals surface area contributed by atoms with Crippen molar-refractivity contribution in [2.45, 2.75) is 46.1 Å². The molecule has 0 spiro atoms. The molecule has 0 amide bonds. The van der Waals surface area contributed by atoms with E-state index in [1.165, 1.54) is 0 Å². The predicted molar refractivity (Wildman–Crippen MR) is 68.5 cm³/mol. The number of unbranched alkanes of at least 4 members (excludes halogenated alkanes) is 1. The Bertz CT molecular complexity index is 391. The molecular weight excluding hydrogens is 216 g/mol. The standard InChI is InChI=1S/C13H20N2O2/c1-4-5-6-10(3)15-12-11(13(16)17)9(2)7-8-14-12/h7-8,10H,4-6H2,1-3H3,(H,14,15)(H,16,17). The summed E-state index contributed by atoms with van der Waals surface area (Å²) in [5, 5.41) is 12.3. The van der Waals surface area contributed by atoms with Gasteiger partial charge in [-0.05, 0) is 31.9 Å². The van der Waals surface area contributed by atoms with E-state index in [-0.39, 0.29) is 11.6 Å². The lowest BCUT2D eigenvalue weighted by Crippen LogP contribution is -2.19. The van der Waals surface area contributed by atoms with Gasteiger partial charge in [0.2, 0.25) is 0 Å². The average molecular weight is 236 g/mol. The molecule has 4 nitrogen and oxygen atoms in total. The minimum absolute atomic E-state index is 0.238. The SMILES string of the molecule is CCCCC(C)Nc1nccc(C)c1C(=O)O. The van der Waals surface area contributed by atoms with Gasteiger partial charge in [-0.15, -0.1) is 0 Å². The number of aryl methyl sites for hydroxylation is 1. The van der Waals surface area contributed by atoms with Crippen LogP contribution in [0.25, 0.3) is 0 Å². The van der Waals surface area contributed by atoms with Gasteiger partial charge in [-0.25, -0.2) is 9.78 Å². The van der Waals surface area contributed by atoms with Gasteiger partial charge in [0.15, 0.2) is 0 Å². The van der Waals surface area contributed by atoms with Gasteiger partial charge in [-0.1, -0.05) is 19.8 Å². The molecule has 0 aliphatic heterocycles. The van der Waals surface area contributed by atoms with Crippen molar-refractivity contribution >= 4 is 11.8 Å². The lowest BCUT2D eigenvalue weighted by molar-refractivity contribution is 0.0697. The second kappa shape index (κ2) is 6.23. The van der Waals surface area contributed by atoms with Crippen molar-refractivity contribution in [3.8, 4) is 0 Å². The van der Waals surface area contributed by atoms with Gasteiger partial charge >= 0.3 is 5.97 Å². The van der Waals surface area contributed by atoms with Crippen LogP contribution in [0.3, 0.4) is 0 Å². The van der Waals surface area contributed by atoms with E-state index in [0.717, 1.165) is 24.8 Å². The highest BCUT2D eigenvalue weighted by Crippen LogP contribution is 2.18. The summed E-state index contributed by atoms with van der Waals surface area (Å²) in [6.45, 7) is 5.97. The van der Waals surface area contributed by atoms with E-state index in [1.54, 1.807) is 19.2 Å². The molecule has 1 unspecified atom stereocenters. The Morgan fingerprint density at radius 2 is 2.29 bits per heavy atom. The number of rotatable bonds is 6. The van der Waals surface area contributed by atoms with E-state index >= 15 is 0 Å². The van der Waals surface area contributed by atoms with E-state index in [2.05, 4.69) is 17.2 Å². The molecule has 1 aromatic heterocycles. The summed E-state index contributed by atoms with van der Waals surface area (Å²) in [6, 6.07) is 1.95. The summed E-state index contributed by atoms with van der Waals surface area (Å²) in [4.78, 5) is 15.3. The van der Waals surface area contributed by atoms with Gasteiger partial charge in [0.05, 0.1) is 0 Å². The highest BCUT2D eigenvalue weighted by molar-refractivity contribution is 5.94. The van der Waals surface area contributed by atoms with Crippen LogP contribution in [0.1, 0.15) is 49.0 Å². The number of aromatic carboxylic acids is 1. The van der Waals surface area contributed by atoms with Gasteiger partial charge in [0.25, 0.3) is 0 Å². The quantitative estimate of drug-likeness (QED) is 0.796. The smallest absolute Gasteiger partial charge is 0.339 e. The molecular formula is C13H20N2O2. The van der Waals surface area contributed by atoms with Gasteiger partial charge in [0, 0.05) is 12.2 Å². The Morgan fingerprint density at radius 1 is 1.59 bits per heavy atom. The Hall–Kier alpha value is -1.58. The largest absolute Gasteiger partial charge is 0.478 e. The van der Waals surface area contributed by atoms with Crippen molar-refractivity contribution in [3.63, 3.8) is 0 Å². The molecule has 17 heavy (non-hydrogen) atoms. The zero-order valence-corrected chi connectivity index (χ0v) is 10.7. The van der Waals surface area contributed by atoms with Crippen LogP contribution in [0.15, 0.2) is 12.3 Å². The van der Waals surface area contributed by atoms with Crippen molar-refractivity contribution in [2.24, 2.45) is 0 Å². The van der Waals surface area contributed by atoms with Gasteiger partial charge < -0.3 is 10.4 Å². The number of carboxylic acid groups (broad SMARTS) is 1. The molecule has 0 aliphatic carbocycles. The number of carbonyl (C=O) groups is 1. The predicted octanol–water partition coefficient (Wildman–Crippen LogP) is 3.08. The minimum Gasteiger partial charge on any atom is -0.478 e. The fraction of sp³-hybridized carbons (Fsp3) is 0.538. The van der Waals surface area contributed by atoms with E-state index in [9.17, 15) is 4.79 Å². The molecule has 94 valence electrons. The Balaban J connectivity index is 2.83. The summed E-state index contributed by atoms with van der Waals surface area (Å²) in [6.07, 6.45) is 4.92. The molecule has 0 radical (unpaired) electrons. The van der Waals surface area contributed by atoms with Crippen LogP contribution in [0.4, 0.5) is 5.82 Å². The van der Waals surface area contributed by atoms with Crippen molar-refractivity contribution in [3.05, 3.63) is 23.4 Å². The highest BCUT2D eigenvalue weighted by Gasteiger charge is 2.15. The summed E-state index contributed by atoms with van der Waals surface area (Å²) >= 11 is 0. The highest BCUT2D eigenvalue weighted by atomic mass is 16.4. The first-order valence-electron chi connectivity index (χ1n) is 6.01. The third-order valence-electron chi connectivity index (χ3n) is 2.75. The molecule has 1 aromatic rings. The number of hydrogen-bond donors (Lipinski definition) is 2. The fourth-order valence-electron chi connectivity index (χ4n) is 1.75. The Labute approximate surface area is 102 Å². The number of hydrogen-bond acceptors (Lipinski definition) is 3. The maximum Gasteiger partial charge on any atom is 0.339 e. The number of carboxylic acids is 1. The molecule has 0 saturated carbocycles. The third kappa shape index (κ3) is 3.73. The molecule has 1 atom stereocenters. The molecule has 1 rings (SSSR count). The van der Waals surface area contributed by atoms with Crippen LogP contribution in [-0.2, 0) is 0 Å². The summed E-state index contributed by atoms with van der Waals surface area (Å²) < 4.78 is 0. The number of nitrogens with zero attached hydrogens (tertiary/aromatic N) is 1. The molecule has 0 saturated heterocycles. The number of nitrogens with one attached hydrogen (secondary N) is 1. The lowest BCUT2D eigenvalue weighted by atomic mass is 10.1. The summed E-state index contributed by atoms with van der Waals surface area (Å²) in [5.74, 6) is -0.457. The summed E-state index contributed by atoms with van der Waals surface area (Å²) in [5.41, 5.74) is 1.01. The zero-order chi connectivity index (χ0) is 12.8. The van der Waals surface area contributed by atoms with Gasteiger partial charge in [-0.2, -0.15) is 0 Å². The molecule has 0 aromatic carbocycles. The maximum atomic E-state index is 11.2. The maximum absolute atomic E-state index is 11.2. The number of pyridine rings is 1. The van der Waals surface area contributed by atoms with Gasteiger partial charge in [-0.3, -0.25) is 0 Å². The Morgan fingerprint density at radius 3 is 2.88 bits per heavy atom. The van der Waals surface area contributed by atoms with Crippen LogP contribution in [-0.4, -0.2) is 22.1 Å². The zero-order valence-electron chi connectivity index (χ0n) is 10.7. The van der Waals surface area contributed by atoms with Crippen LogP contribution >= 0.6 is 0 Å². The molecule has 2 N–H and O–H groups in total.